The number of hydrogen-bond donors (Lipinski definition) is 3. The van der Waals surface area contributed by atoms with Gasteiger partial charge in [-0.25, -0.2) is 4.98 Å². The monoisotopic (exact) mass is 255 g/mol. The van der Waals surface area contributed by atoms with Gasteiger partial charge in [-0.05, 0) is 19.3 Å². The molecule has 6 N–H and O–H groups in total. The number of thiazole rings is 1. The Kier molecular flexibility index (Phi) is 5.58. The van der Waals surface area contributed by atoms with E-state index in [1.54, 1.807) is 11.6 Å². The van der Waals surface area contributed by atoms with Crippen LogP contribution in [0.25, 0.3) is 0 Å². The summed E-state index contributed by atoms with van der Waals surface area (Å²) in [6.45, 7) is 0.570. The van der Waals surface area contributed by atoms with Crippen LogP contribution in [0.4, 0.5) is 0 Å². The van der Waals surface area contributed by atoms with Gasteiger partial charge in [-0.15, -0.1) is 11.3 Å². The summed E-state index contributed by atoms with van der Waals surface area (Å²) in [5.74, 6) is -0.00463. The number of aromatic nitrogens is 1. The molecular weight excluding hydrogens is 238 g/mol. The molecule has 0 saturated heterocycles. The van der Waals surface area contributed by atoms with E-state index in [1.807, 2.05) is 0 Å². The molecule has 7 heteroatoms. The largest absolute Gasteiger partial charge is 0.370 e. The molecule has 1 unspecified atom stereocenters. The van der Waals surface area contributed by atoms with Crippen molar-refractivity contribution in [1.82, 2.24) is 4.98 Å². The summed E-state index contributed by atoms with van der Waals surface area (Å²) >= 11 is 1.31. The standard InChI is InChI=1S/C10H17N5OS/c11-7(3-1-2-4-15-10(12)13)8(16)9-14-5-6-17-9/h5-7H,1-4,11H2,(H4,12,13,15). The maximum atomic E-state index is 11.7. The summed E-state index contributed by atoms with van der Waals surface area (Å²) in [5, 5.41) is 2.24. The fraction of sp³-hybridized carbons (Fsp3) is 0.500. The number of ketones is 1. The Morgan fingerprint density at radius 1 is 1.47 bits per heavy atom. The highest BCUT2D eigenvalue weighted by Gasteiger charge is 2.17. The molecule has 0 aliphatic heterocycles. The predicted octanol–water partition coefficient (Wildman–Crippen LogP) is 0.0968. The molecule has 0 aromatic carbocycles. The lowest BCUT2D eigenvalue weighted by Gasteiger charge is -2.07. The Morgan fingerprint density at radius 3 is 2.82 bits per heavy atom. The van der Waals surface area contributed by atoms with Gasteiger partial charge >= 0.3 is 0 Å². The van der Waals surface area contributed by atoms with E-state index in [4.69, 9.17) is 17.2 Å². The van der Waals surface area contributed by atoms with Crippen LogP contribution in [0.3, 0.4) is 0 Å². The van der Waals surface area contributed by atoms with Gasteiger partial charge < -0.3 is 17.2 Å². The average Bonchev–Trinajstić information content (AvgIpc) is 2.80. The SMILES string of the molecule is NC(N)=NCCCCC(N)C(=O)c1nccs1. The summed E-state index contributed by atoms with van der Waals surface area (Å²) in [6.07, 6.45) is 3.85. The van der Waals surface area contributed by atoms with Crippen LogP contribution < -0.4 is 17.2 Å². The van der Waals surface area contributed by atoms with Crippen LogP contribution >= 0.6 is 11.3 Å². The van der Waals surface area contributed by atoms with E-state index in [0.29, 0.717) is 18.0 Å². The van der Waals surface area contributed by atoms with E-state index in [0.717, 1.165) is 12.8 Å². The Balaban J connectivity index is 2.23. The van der Waals surface area contributed by atoms with Crippen molar-refractivity contribution in [3.8, 4) is 0 Å². The number of carbonyl (C=O) groups is 1. The molecule has 0 saturated carbocycles. The van der Waals surface area contributed by atoms with Gasteiger partial charge in [0.05, 0.1) is 6.04 Å². The summed E-state index contributed by atoms with van der Waals surface area (Å²) < 4.78 is 0. The van der Waals surface area contributed by atoms with E-state index in [1.165, 1.54) is 11.3 Å². The maximum absolute atomic E-state index is 11.7. The molecule has 17 heavy (non-hydrogen) atoms. The summed E-state index contributed by atoms with van der Waals surface area (Å²) in [6, 6.07) is -0.486. The predicted molar refractivity (Wildman–Crippen MR) is 68.9 cm³/mol. The van der Waals surface area contributed by atoms with E-state index >= 15 is 0 Å². The molecule has 0 radical (unpaired) electrons. The van der Waals surface area contributed by atoms with Crippen molar-refractivity contribution in [1.29, 1.82) is 0 Å². The van der Waals surface area contributed by atoms with Crippen LogP contribution in [0.1, 0.15) is 29.1 Å². The molecule has 1 aromatic heterocycles. The van der Waals surface area contributed by atoms with E-state index in [9.17, 15) is 4.79 Å². The molecule has 1 rings (SSSR count). The van der Waals surface area contributed by atoms with Crippen molar-refractivity contribution >= 4 is 23.1 Å². The summed E-state index contributed by atoms with van der Waals surface area (Å²) in [7, 11) is 0. The zero-order chi connectivity index (χ0) is 12.7. The number of unbranched alkanes of at least 4 members (excludes halogenated alkanes) is 1. The Morgan fingerprint density at radius 2 is 2.24 bits per heavy atom. The lowest BCUT2D eigenvalue weighted by atomic mass is 10.1. The third-order valence-electron chi connectivity index (χ3n) is 2.20. The highest BCUT2D eigenvalue weighted by molar-refractivity contribution is 7.11. The minimum atomic E-state index is -0.486. The van der Waals surface area contributed by atoms with Crippen LogP contribution in [-0.2, 0) is 0 Å². The molecular formula is C10H17N5OS. The second kappa shape index (κ2) is 6.97. The molecule has 1 aromatic rings. The van der Waals surface area contributed by atoms with Gasteiger partial charge in [0.25, 0.3) is 0 Å². The maximum Gasteiger partial charge on any atom is 0.207 e. The van der Waals surface area contributed by atoms with E-state index in [2.05, 4.69) is 9.98 Å². The first-order valence-corrected chi connectivity index (χ1v) is 6.24. The van der Waals surface area contributed by atoms with Crippen molar-refractivity contribution in [2.75, 3.05) is 6.54 Å². The normalized spacial score (nSPS) is 12.1. The highest BCUT2D eigenvalue weighted by atomic mass is 32.1. The molecule has 0 spiro atoms. The fourth-order valence-corrected chi connectivity index (χ4v) is 1.96. The van der Waals surface area contributed by atoms with Crippen LogP contribution in [0.5, 0.6) is 0 Å². The third kappa shape index (κ3) is 4.92. The number of Topliss-reactive ketones (excluding diaryl/α,β-unsaturated/α-hetero) is 1. The minimum absolute atomic E-state index is 0.0909. The van der Waals surface area contributed by atoms with Crippen molar-refractivity contribution in [2.24, 2.45) is 22.2 Å². The first kappa shape index (κ1) is 13.6. The molecule has 1 heterocycles. The first-order valence-electron chi connectivity index (χ1n) is 5.36. The van der Waals surface area contributed by atoms with Crippen molar-refractivity contribution in [2.45, 2.75) is 25.3 Å². The van der Waals surface area contributed by atoms with E-state index < -0.39 is 6.04 Å². The second-order valence-electron chi connectivity index (χ2n) is 3.61. The zero-order valence-corrected chi connectivity index (χ0v) is 10.3. The number of hydrogen-bond acceptors (Lipinski definition) is 5. The zero-order valence-electron chi connectivity index (χ0n) is 9.50. The number of nitrogens with zero attached hydrogens (tertiary/aromatic N) is 2. The molecule has 6 nitrogen and oxygen atoms in total. The number of guanidine groups is 1. The molecule has 1 atom stereocenters. The Hall–Kier alpha value is -1.47. The average molecular weight is 255 g/mol. The topological polar surface area (TPSA) is 120 Å². The minimum Gasteiger partial charge on any atom is -0.370 e. The molecule has 0 fully saturated rings. The van der Waals surface area contributed by atoms with Crippen LogP contribution in [0.2, 0.25) is 0 Å². The van der Waals surface area contributed by atoms with Crippen molar-refractivity contribution in [3.05, 3.63) is 16.6 Å². The smallest absolute Gasteiger partial charge is 0.207 e. The molecule has 94 valence electrons. The van der Waals surface area contributed by atoms with Crippen LogP contribution in [0, 0.1) is 0 Å². The lowest BCUT2D eigenvalue weighted by Crippen LogP contribution is -2.30. The van der Waals surface area contributed by atoms with Gasteiger partial charge in [-0.3, -0.25) is 9.79 Å². The molecule has 0 amide bonds. The molecule has 0 aliphatic rings. The molecule has 0 bridgehead atoms. The van der Waals surface area contributed by atoms with Gasteiger partial charge in [0, 0.05) is 18.1 Å². The van der Waals surface area contributed by atoms with E-state index in [-0.39, 0.29) is 11.7 Å². The number of carbonyl (C=O) groups excluding carboxylic acids is 1. The van der Waals surface area contributed by atoms with Gasteiger partial charge in [0.2, 0.25) is 5.78 Å². The van der Waals surface area contributed by atoms with Gasteiger partial charge in [0.1, 0.15) is 0 Å². The quantitative estimate of drug-likeness (QED) is 0.276. The Labute approximate surface area is 104 Å². The third-order valence-corrected chi connectivity index (χ3v) is 2.99. The lowest BCUT2D eigenvalue weighted by molar-refractivity contribution is 0.0955. The Bertz CT molecular complexity index is 372. The fourth-order valence-electron chi connectivity index (χ4n) is 1.32. The summed E-state index contributed by atoms with van der Waals surface area (Å²) in [4.78, 5) is 19.5. The van der Waals surface area contributed by atoms with Gasteiger partial charge in [-0.2, -0.15) is 0 Å². The highest BCUT2D eigenvalue weighted by Crippen LogP contribution is 2.10. The van der Waals surface area contributed by atoms with Crippen LogP contribution in [0.15, 0.2) is 16.6 Å². The van der Waals surface area contributed by atoms with Crippen LogP contribution in [-0.4, -0.2) is 29.3 Å². The summed E-state index contributed by atoms with van der Waals surface area (Å²) in [5.41, 5.74) is 16.2. The second-order valence-corrected chi connectivity index (χ2v) is 4.50. The van der Waals surface area contributed by atoms with Crippen molar-refractivity contribution in [3.63, 3.8) is 0 Å². The van der Waals surface area contributed by atoms with Crippen molar-refractivity contribution < 1.29 is 4.79 Å². The number of aliphatic imine (C=N–C) groups is 1. The van der Waals surface area contributed by atoms with Gasteiger partial charge in [0.15, 0.2) is 11.0 Å². The van der Waals surface area contributed by atoms with Gasteiger partial charge in [-0.1, -0.05) is 0 Å². The number of rotatable bonds is 7. The first-order chi connectivity index (χ1) is 8.11. The molecule has 0 aliphatic carbocycles. The number of nitrogens with two attached hydrogens (primary N) is 3.